The van der Waals surface area contributed by atoms with Crippen LogP contribution in [-0.4, -0.2) is 27.1 Å². The fraction of sp³-hybridized carbons (Fsp3) is 0.0714. The number of hydrogen-bond acceptors (Lipinski definition) is 4. The van der Waals surface area contributed by atoms with Gasteiger partial charge < -0.3 is 10.1 Å². The molecule has 1 aromatic carbocycles. The molecule has 0 radical (unpaired) electrons. The number of aromatic nitrogens is 3. The number of carbonyl (C=O) groups is 1. The highest BCUT2D eigenvalue weighted by atomic mass is 35.5. The van der Waals surface area contributed by atoms with Gasteiger partial charge in [0, 0.05) is 11.2 Å². The van der Waals surface area contributed by atoms with Crippen LogP contribution in [0.15, 0.2) is 48.9 Å². The molecule has 0 fully saturated rings. The number of hydrogen-bond donors (Lipinski definition) is 1. The molecule has 0 spiro atoms. The minimum Gasteiger partial charge on any atom is -0.484 e. The molecule has 6 nitrogen and oxygen atoms in total. The van der Waals surface area contributed by atoms with Crippen LogP contribution in [0, 0.1) is 0 Å². The number of pyridine rings is 1. The first-order chi connectivity index (χ1) is 10.2. The second-order valence-corrected chi connectivity index (χ2v) is 4.74. The average molecular weight is 303 g/mol. The highest BCUT2D eigenvalue weighted by molar-refractivity contribution is 6.30. The maximum absolute atomic E-state index is 11.8. The van der Waals surface area contributed by atoms with Crippen molar-refractivity contribution < 1.29 is 9.53 Å². The highest BCUT2D eigenvalue weighted by Crippen LogP contribution is 2.15. The number of nitrogens with zero attached hydrogens (tertiary/aromatic N) is 3. The number of nitrogens with one attached hydrogen (secondary N) is 1. The van der Waals surface area contributed by atoms with Gasteiger partial charge in [-0.1, -0.05) is 11.6 Å². The van der Waals surface area contributed by atoms with E-state index in [-0.39, 0.29) is 12.5 Å². The lowest BCUT2D eigenvalue weighted by Gasteiger charge is -2.07. The Labute approximate surface area is 125 Å². The van der Waals surface area contributed by atoms with Crippen molar-refractivity contribution in [3.05, 3.63) is 53.9 Å². The minimum atomic E-state index is -0.252. The van der Waals surface area contributed by atoms with Crippen LogP contribution in [-0.2, 0) is 4.79 Å². The number of amides is 1. The molecule has 1 N–H and O–H groups in total. The molecule has 106 valence electrons. The van der Waals surface area contributed by atoms with Crippen LogP contribution in [0.3, 0.4) is 0 Å². The molecular weight excluding hydrogens is 292 g/mol. The molecule has 2 aromatic heterocycles. The third-order valence-corrected chi connectivity index (χ3v) is 3.01. The molecule has 7 heteroatoms. The second-order valence-electron chi connectivity index (χ2n) is 4.30. The molecule has 3 aromatic rings. The van der Waals surface area contributed by atoms with Gasteiger partial charge in [-0.2, -0.15) is 0 Å². The summed E-state index contributed by atoms with van der Waals surface area (Å²) in [7, 11) is 0. The molecule has 21 heavy (non-hydrogen) atoms. The first-order valence-corrected chi connectivity index (χ1v) is 6.56. The number of rotatable bonds is 4. The number of anilines is 1. The summed E-state index contributed by atoms with van der Waals surface area (Å²) < 4.78 is 7.08. The SMILES string of the molecule is O=C(COc1ccc(Cl)cc1)Nc1ccc2nncn2c1. The summed E-state index contributed by atoms with van der Waals surface area (Å²) in [6.07, 6.45) is 3.30. The number of fused-ring (bicyclic) bond motifs is 1. The Morgan fingerprint density at radius 2 is 2.05 bits per heavy atom. The monoisotopic (exact) mass is 302 g/mol. The maximum Gasteiger partial charge on any atom is 0.262 e. The topological polar surface area (TPSA) is 68.5 Å². The molecule has 0 saturated heterocycles. The van der Waals surface area contributed by atoms with Crippen molar-refractivity contribution in [3.8, 4) is 5.75 Å². The van der Waals surface area contributed by atoms with Gasteiger partial charge in [-0.15, -0.1) is 10.2 Å². The Hall–Kier alpha value is -2.60. The quantitative estimate of drug-likeness (QED) is 0.803. The van der Waals surface area contributed by atoms with Crippen molar-refractivity contribution in [1.82, 2.24) is 14.6 Å². The standard InChI is InChI=1S/C14H11ClN4O2/c15-10-1-4-12(5-2-10)21-8-14(20)17-11-3-6-13-18-16-9-19(13)7-11/h1-7,9H,8H2,(H,17,20). The van der Waals surface area contributed by atoms with E-state index in [1.165, 1.54) is 0 Å². The van der Waals surface area contributed by atoms with Crippen LogP contribution in [0.2, 0.25) is 5.02 Å². The fourth-order valence-electron chi connectivity index (χ4n) is 1.78. The third-order valence-electron chi connectivity index (χ3n) is 2.76. The molecule has 0 unspecified atom stereocenters. The van der Waals surface area contributed by atoms with E-state index in [2.05, 4.69) is 15.5 Å². The molecule has 0 atom stereocenters. The van der Waals surface area contributed by atoms with Crippen LogP contribution in [0.4, 0.5) is 5.69 Å². The Kier molecular flexibility index (Phi) is 3.70. The van der Waals surface area contributed by atoms with E-state index in [4.69, 9.17) is 16.3 Å². The van der Waals surface area contributed by atoms with Crippen molar-refractivity contribution in [2.75, 3.05) is 11.9 Å². The lowest BCUT2D eigenvalue weighted by molar-refractivity contribution is -0.118. The van der Waals surface area contributed by atoms with Crippen LogP contribution in [0.5, 0.6) is 5.75 Å². The van der Waals surface area contributed by atoms with Crippen molar-refractivity contribution in [3.63, 3.8) is 0 Å². The Morgan fingerprint density at radius 1 is 1.24 bits per heavy atom. The zero-order valence-electron chi connectivity index (χ0n) is 10.9. The van der Waals surface area contributed by atoms with E-state index in [0.29, 0.717) is 22.1 Å². The smallest absolute Gasteiger partial charge is 0.262 e. The van der Waals surface area contributed by atoms with Crippen LogP contribution >= 0.6 is 11.6 Å². The summed E-state index contributed by atoms with van der Waals surface area (Å²) in [5.74, 6) is 0.334. The highest BCUT2D eigenvalue weighted by Gasteiger charge is 2.05. The largest absolute Gasteiger partial charge is 0.484 e. The summed E-state index contributed by atoms with van der Waals surface area (Å²) in [5, 5.41) is 11.0. The minimum absolute atomic E-state index is 0.0815. The second kappa shape index (κ2) is 5.80. The zero-order valence-corrected chi connectivity index (χ0v) is 11.6. The third kappa shape index (κ3) is 3.29. The van der Waals surface area contributed by atoms with E-state index < -0.39 is 0 Å². The number of ether oxygens (including phenoxy) is 1. The summed E-state index contributed by atoms with van der Waals surface area (Å²) in [6, 6.07) is 10.3. The van der Waals surface area contributed by atoms with Gasteiger partial charge in [0.1, 0.15) is 12.1 Å². The van der Waals surface area contributed by atoms with Crippen molar-refractivity contribution in [1.29, 1.82) is 0 Å². The van der Waals surface area contributed by atoms with E-state index in [0.717, 1.165) is 0 Å². The summed E-state index contributed by atoms with van der Waals surface area (Å²) >= 11 is 5.77. The van der Waals surface area contributed by atoms with Gasteiger partial charge in [0.05, 0.1) is 5.69 Å². The molecule has 1 amide bonds. The molecule has 0 aliphatic rings. The van der Waals surface area contributed by atoms with E-state index >= 15 is 0 Å². The molecule has 0 bridgehead atoms. The Bertz CT molecular complexity index is 770. The Morgan fingerprint density at radius 3 is 2.86 bits per heavy atom. The molecule has 0 aliphatic heterocycles. The average Bonchev–Trinajstić information content (AvgIpc) is 2.94. The van der Waals surface area contributed by atoms with E-state index in [1.54, 1.807) is 53.3 Å². The zero-order chi connectivity index (χ0) is 14.7. The number of halogens is 1. The first-order valence-electron chi connectivity index (χ1n) is 6.18. The summed E-state index contributed by atoms with van der Waals surface area (Å²) in [5.41, 5.74) is 1.36. The molecule has 0 aliphatic carbocycles. The number of benzene rings is 1. The predicted octanol–water partition coefficient (Wildman–Crippen LogP) is 2.40. The molecule has 3 rings (SSSR count). The van der Waals surface area contributed by atoms with Gasteiger partial charge in [0.25, 0.3) is 5.91 Å². The van der Waals surface area contributed by atoms with Gasteiger partial charge in [-0.05, 0) is 36.4 Å². The van der Waals surface area contributed by atoms with Gasteiger partial charge >= 0.3 is 0 Å². The summed E-state index contributed by atoms with van der Waals surface area (Å²) in [4.78, 5) is 11.8. The van der Waals surface area contributed by atoms with Gasteiger partial charge in [-0.25, -0.2) is 0 Å². The predicted molar refractivity (Wildman–Crippen MR) is 78.6 cm³/mol. The molecule has 0 saturated carbocycles. The first kappa shape index (κ1) is 13.4. The normalized spacial score (nSPS) is 10.5. The lowest BCUT2D eigenvalue weighted by atomic mass is 10.3. The van der Waals surface area contributed by atoms with Crippen LogP contribution in [0.1, 0.15) is 0 Å². The summed E-state index contributed by atoms with van der Waals surface area (Å²) in [6.45, 7) is -0.0815. The van der Waals surface area contributed by atoms with Gasteiger partial charge in [0.2, 0.25) is 0 Å². The molecule has 2 heterocycles. The van der Waals surface area contributed by atoms with Crippen molar-refractivity contribution in [2.45, 2.75) is 0 Å². The van der Waals surface area contributed by atoms with Crippen LogP contribution < -0.4 is 10.1 Å². The molecular formula is C14H11ClN4O2. The van der Waals surface area contributed by atoms with Crippen molar-refractivity contribution >= 4 is 28.8 Å². The van der Waals surface area contributed by atoms with Gasteiger partial charge in [0.15, 0.2) is 12.3 Å². The van der Waals surface area contributed by atoms with Gasteiger partial charge in [-0.3, -0.25) is 9.20 Å². The lowest BCUT2D eigenvalue weighted by Crippen LogP contribution is -2.20. The van der Waals surface area contributed by atoms with Crippen molar-refractivity contribution in [2.24, 2.45) is 0 Å². The van der Waals surface area contributed by atoms with E-state index in [1.807, 2.05) is 0 Å². The number of carbonyl (C=O) groups excluding carboxylic acids is 1. The maximum atomic E-state index is 11.8. The Balaban J connectivity index is 1.59. The van der Waals surface area contributed by atoms with Crippen LogP contribution in [0.25, 0.3) is 5.65 Å². The fourth-order valence-corrected chi connectivity index (χ4v) is 1.90. The van der Waals surface area contributed by atoms with E-state index in [9.17, 15) is 4.79 Å².